The summed E-state index contributed by atoms with van der Waals surface area (Å²) in [6.45, 7) is 0. The molecule has 1 N–H and O–H groups in total. The Morgan fingerprint density at radius 2 is 1.78 bits per heavy atom. The van der Waals surface area contributed by atoms with Crippen LogP contribution in [0.1, 0.15) is 17.9 Å². The van der Waals surface area contributed by atoms with E-state index < -0.39 is 0 Å². The fraction of sp³-hybridized carbons (Fsp3) is 0.294. The van der Waals surface area contributed by atoms with Gasteiger partial charge in [-0.3, -0.25) is 0 Å². The van der Waals surface area contributed by atoms with Crippen molar-refractivity contribution in [2.75, 3.05) is 0 Å². The standard InChI is InChI=1S/C17H16O/c18-17-12-8-9-15(17)16(10-12)14-7-3-5-11-4-1-2-6-13(11)14/h1-9,12,15-18H,10H2. The zero-order valence-electron chi connectivity index (χ0n) is 10.2. The second kappa shape index (κ2) is 3.69. The Labute approximate surface area is 107 Å². The number of aliphatic hydroxyl groups excluding tert-OH is 1. The molecular weight excluding hydrogens is 220 g/mol. The summed E-state index contributed by atoms with van der Waals surface area (Å²) in [4.78, 5) is 0. The predicted molar refractivity (Wildman–Crippen MR) is 73.4 cm³/mol. The Morgan fingerprint density at radius 3 is 2.56 bits per heavy atom. The fourth-order valence-electron chi connectivity index (χ4n) is 3.73. The molecule has 0 saturated heterocycles. The first kappa shape index (κ1) is 10.3. The lowest BCUT2D eigenvalue weighted by Gasteiger charge is -2.20. The van der Waals surface area contributed by atoms with Gasteiger partial charge in [-0.15, -0.1) is 0 Å². The van der Waals surface area contributed by atoms with E-state index in [1.807, 2.05) is 0 Å². The Balaban J connectivity index is 1.87. The second-order valence-electron chi connectivity index (χ2n) is 5.53. The topological polar surface area (TPSA) is 20.2 Å². The highest BCUT2D eigenvalue weighted by atomic mass is 16.3. The van der Waals surface area contributed by atoms with Gasteiger partial charge in [0, 0.05) is 11.8 Å². The van der Waals surface area contributed by atoms with Crippen LogP contribution in [-0.2, 0) is 0 Å². The normalized spacial score (nSPS) is 33.4. The molecule has 2 bridgehead atoms. The van der Waals surface area contributed by atoms with Crippen molar-refractivity contribution in [2.24, 2.45) is 11.8 Å². The zero-order valence-corrected chi connectivity index (χ0v) is 10.2. The maximum absolute atomic E-state index is 10.2. The van der Waals surface area contributed by atoms with Crippen LogP contribution in [0, 0.1) is 11.8 Å². The summed E-state index contributed by atoms with van der Waals surface area (Å²) in [5.74, 6) is 1.18. The average molecular weight is 236 g/mol. The third-order valence-electron chi connectivity index (χ3n) is 4.63. The molecule has 2 aromatic rings. The van der Waals surface area contributed by atoms with Gasteiger partial charge in [-0.25, -0.2) is 0 Å². The first-order valence-corrected chi connectivity index (χ1v) is 6.68. The lowest BCUT2D eigenvalue weighted by molar-refractivity contribution is 0.135. The Morgan fingerprint density at radius 1 is 0.944 bits per heavy atom. The zero-order chi connectivity index (χ0) is 12.1. The van der Waals surface area contributed by atoms with Crippen LogP contribution < -0.4 is 0 Å². The van der Waals surface area contributed by atoms with Crippen LogP contribution in [0.25, 0.3) is 10.8 Å². The molecular formula is C17H16O. The molecule has 4 rings (SSSR count). The third-order valence-corrected chi connectivity index (χ3v) is 4.63. The number of fused-ring (bicyclic) bond motifs is 3. The molecule has 2 aliphatic rings. The third kappa shape index (κ3) is 1.31. The van der Waals surface area contributed by atoms with E-state index in [0.29, 0.717) is 17.8 Å². The van der Waals surface area contributed by atoms with E-state index in [-0.39, 0.29) is 6.10 Å². The molecule has 0 aromatic heterocycles. The quantitative estimate of drug-likeness (QED) is 0.751. The summed E-state index contributed by atoms with van der Waals surface area (Å²) in [5.41, 5.74) is 1.41. The Hall–Kier alpha value is -1.60. The minimum atomic E-state index is -0.158. The Kier molecular flexibility index (Phi) is 2.12. The van der Waals surface area contributed by atoms with Crippen LogP contribution in [-0.4, -0.2) is 11.2 Å². The van der Waals surface area contributed by atoms with Crippen LogP contribution in [0.15, 0.2) is 54.6 Å². The SMILES string of the molecule is OC1C2C=CC1C(c1cccc3ccccc13)C2. The lowest BCUT2D eigenvalue weighted by Crippen LogP contribution is -2.15. The number of aliphatic hydroxyl groups is 1. The van der Waals surface area contributed by atoms with Gasteiger partial charge in [-0.1, -0.05) is 54.6 Å². The van der Waals surface area contributed by atoms with Crippen molar-refractivity contribution in [1.82, 2.24) is 0 Å². The van der Waals surface area contributed by atoms with Gasteiger partial charge >= 0.3 is 0 Å². The molecule has 0 spiro atoms. The summed E-state index contributed by atoms with van der Waals surface area (Å²) < 4.78 is 0. The summed E-state index contributed by atoms with van der Waals surface area (Å²) in [5, 5.41) is 12.8. The first-order valence-electron chi connectivity index (χ1n) is 6.68. The summed E-state index contributed by atoms with van der Waals surface area (Å²) in [6.07, 6.45) is 5.34. The average Bonchev–Trinajstić information content (AvgIpc) is 2.93. The van der Waals surface area contributed by atoms with Crippen molar-refractivity contribution in [3.8, 4) is 0 Å². The van der Waals surface area contributed by atoms with E-state index in [4.69, 9.17) is 0 Å². The molecule has 0 amide bonds. The molecule has 18 heavy (non-hydrogen) atoms. The molecule has 90 valence electrons. The van der Waals surface area contributed by atoms with E-state index >= 15 is 0 Å². The van der Waals surface area contributed by atoms with E-state index in [1.54, 1.807) is 0 Å². The van der Waals surface area contributed by atoms with Gasteiger partial charge in [0.15, 0.2) is 0 Å². The van der Waals surface area contributed by atoms with Gasteiger partial charge in [0.2, 0.25) is 0 Å². The van der Waals surface area contributed by atoms with Crippen molar-refractivity contribution in [3.05, 3.63) is 60.2 Å². The molecule has 1 saturated carbocycles. The largest absolute Gasteiger partial charge is 0.392 e. The molecule has 4 atom stereocenters. The van der Waals surface area contributed by atoms with Gasteiger partial charge in [0.1, 0.15) is 0 Å². The number of hydrogen-bond acceptors (Lipinski definition) is 1. The minimum Gasteiger partial charge on any atom is -0.392 e. The van der Waals surface area contributed by atoms with E-state index in [0.717, 1.165) is 6.42 Å². The van der Waals surface area contributed by atoms with Gasteiger partial charge in [0.05, 0.1) is 6.10 Å². The fourth-order valence-corrected chi connectivity index (χ4v) is 3.73. The van der Waals surface area contributed by atoms with Crippen LogP contribution in [0.3, 0.4) is 0 Å². The van der Waals surface area contributed by atoms with Crippen LogP contribution in [0.4, 0.5) is 0 Å². The van der Waals surface area contributed by atoms with Gasteiger partial charge in [-0.2, -0.15) is 0 Å². The highest BCUT2D eigenvalue weighted by molar-refractivity contribution is 5.86. The molecule has 2 aromatic carbocycles. The molecule has 4 unspecified atom stereocenters. The first-order chi connectivity index (χ1) is 8.84. The van der Waals surface area contributed by atoms with Crippen molar-refractivity contribution in [1.29, 1.82) is 0 Å². The van der Waals surface area contributed by atoms with E-state index in [2.05, 4.69) is 54.6 Å². The second-order valence-corrected chi connectivity index (χ2v) is 5.53. The predicted octanol–water partition coefficient (Wildman–Crippen LogP) is 3.49. The lowest BCUT2D eigenvalue weighted by atomic mass is 9.84. The van der Waals surface area contributed by atoms with Crippen molar-refractivity contribution < 1.29 is 5.11 Å². The van der Waals surface area contributed by atoms with Gasteiger partial charge in [-0.05, 0) is 28.7 Å². The number of benzene rings is 2. The maximum Gasteiger partial charge on any atom is 0.0671 e. The molecule has 1 nitrogen and oxygen atoms in total. The van der Waals surface area contributed by atoms with Crippen molar-refractivity contribution in [2.45, 2.75) is 18.4 Å². The summed E-state index contributed by atoms with van der Waals surface area (Å²) >= 11 is 0. The molecule has 0 aliphatic heterocycles. The molecule has 0 heterocycles. The highest BCUT2D eigenvalue weighted by Gasteiger charge is 2.44. The van der Waals surface area contributed by atoms with Crippen molar-refractivity contribution >= 4 is 10.8 Å². The van der Waals surface area contributed by atoms with Crippen LogP contribution in [0.2, 0.25) is 0 Å². The van der Waals surface area contributed by atoms with Crippen LogP contribution in [0.5, 0.6) is 0 Å². The molecule has 2 aliphatic carbocycles. The minimum absolute atomic E-state index is 0.158. The number of rotatable bonds is 1. The number of hydrogen-bond donors (Lipinski definition) is 1. The molecule has 1 heteroatoms. The summed E-state index contributed by atoms with van der Waals surface area (Å²) in [7, 11) is 0. The van der Waals surface area contributed by atoms with Gasteiger partial charge in [0.25, 0.3) is 0 Å². The van der Waals surface area contributed by atoms with E-state index in [9.17, 15) is 5.11 Å². The smallest absolute Gasteiger partial charge is 0.0671 e. The monoisotopic (exact) mass is 236 g/mol. The maximum atomic E-state index is 10.2. The molecule has 0 radical (unpaired) electrons. The molecule has 1 fully saturated rings. The summed E-state index contributed by atoms with van der Waals surface area (Å²) in [6, 6.07) is 15.1. The van der Waals surface area contributed by atoms with E-state index in [1.165, 1.54) is 16.3 Å². The van der Waals surface area contributed by atoms with Gasteiger partial charge < -0.3 is 5.11 Å². The van der Waals surface area contributed by atoms with Crippen LogP contribution >= 0.6 is 0 Å². The van der Waals surface area contributed by atoms with Crippen molar-refractivity contribution in [3.63, 3.8) is 0 Å². The Bertz CT molecular complexity index is 623. The highest BCUT2D eigenvalue weighted by Crippen LogP contribution is 2.50.